The maximum atomic E-state index is 5.91. The molecule has 1 aromatic heterocycles. The average Bonchev–Trinajstić information content (AvgIpc) is 2.75. The van der Waals surface area contributed by atoms with Crippen LogP contribution in [0.2, 0.25) is 0 Å². The van der Waals surface area contributed by atoms with Crippen LogP contribution in [0.4, 0.5) is 0 Å². The molecule has 1 aromatic carbocycles. The molecule has 2 heterocycles. The summed E-state index contributed by atoms with van der Waals surface area (Å²) in [6.45, 7) is 3.00. The van der Waals surface area contributed by atoms with Crippen LogP contribution in [0.5, 0.6) is 0 Å². The van der Waals surface area contributed by atoms with Crippen LogP contribution in [-0.4, -0.2) is 29.0 Å². The molecule has 1 aliphatic heterocycles. The largest absolute Gasteiger partial charge is 0.326 e. The molecular weight excluding hydrogens is 210 g/mol. The second kappa shape index (κ2) is 4.43. The summed E-state index contributed by atoms with van der Waals surface area (Å²) in [7, 11) is 0. The Bertz CT molecular complexity index is 524. The number of aromatic nitrogens is 1. The van der Waals surface area contributed by atoms with E-state index in [1.807, 2.05) is 12.1 Å². The highest BCUT2D eigenvalue weighted by atomic mass is 15.2. The summed E-state index contributed by atoms with van der Waals surface area (Å²) in [6.07, 6.45) is 1.10. The van der Waals surface area contributed by atoms with Crippen molar-refractivity contribution in [3.8, 4) is 0 Å². The van der Waals surface area contributed by atoms with Gasteiger partial charge in [-0.2, -0.15) is 0 Å². The number of rotatable bonds is 2. The maximum absolute atomic E-state index is 5.91. The minimum atomic E-state index is 0.343. The van der Waals surface area contributed by atoms with Crippen LogP contribution in [0.15, 0.2) is 36.4 Å². The monoisotopic (exact) mass is 227 g/mol. The van der Waals surface area contributed by atoms with Gasteiger partial charge in [0.2, 0.25) is 0 Å². The standard InChI is InChI=1S/C14H17N3/c15-12-7-8-17(9-12)10-13-6-5-11-3-1-2-4-14(11)16-13/h1-6,12H,7-10,15H2/t12-/m0/s1. The molecule has 3 rings (SSSR count). The Labute approximate surface area is 101 Å². The van der Waals surface area contributed by atoms with E-state index >= 15 is 0 Å². The zero-order chi connectivity index (χ0) is 11.7. The van der Waals surface area contributed by atoms with Gasteiger partial charge in [-0.25, -0.2) is 0 Å². The number of hydrogen-bond donors (Lipinski definition) is 1. The SMILES string of the molecule is N[C@H]1CCN(Cc2ccc3ccccc3n2)C1. The first-order chi connectivity index (χ1) is 8.31. The molecule has 2 N–H and O–H groups in total. The quantitative estimate of drug-likeness (QED) is 0.850. The molecule has 1 saturated heterocycles. The lowest BCUT2D eigenvalue weighted by atomic mass is 10.2. The van der Waals surface area contributed by atoms with E-state index in [1.54, 1.807) is 0 Å². The molecule has 0 radical (unpaired) electrons. The molecule has 0 bridgehead atoms. The lowest BCUT2D eigenvalue weighted by Crippen LogP contribution is -2.26. The molecule has 0 aliphatic carbocycles. The van der Waals surface area contributed by atoms with Crippen LogP contribution in [0.3, 0.4) is 0 Å². The molecule has 0 spiro atoms. The molecular formula is C14H17N3. The Hall–Kier alpha value is -1.45. The smallest absolute Gasteiger partial charge is 0.0705 e. The highest BCUT2D eigenvalue weighted by Crippen LogP contribution is 2.15. The number of hydrogen-bond acceptors (Lipinski definition) is 3. The third-order valence-corrected chi connectivity index (χ3v) is 3.35. The fourth-order valence-corrected chi connectivity index (χ4v) is 2.43. The molecule has 1 atom stereocenters. The minimum absolute atomic E-state index is 0.343. The van der Waals surface area contributed by atoms with Gasteiger partial charge < -0.3 is 5.73 Å². The number of para-hydroxylation sites is 1. The van der Waals surface area contributed by atoms with Crippen molar-refractivity contribution in [2.24, 2.45) is 5.73 Å². The van der Waals surface area contributed by atoms with E-state index in [0.29, 0.717) is 6.04 Å². The van der Waals surface area contributed by atoms with Crippen LogP contribution in [0.25, 0.3) is 10.9 Å². The lowest BCUT2D eigenvalue weighted by molar-refractivity contribution is 0.323. The predicted molar refractivity (Wildman–Crippen MR) is 69.6 cm³/mol. The van der Waals surface area contributed by atoms with Gasteiger partial charge in [0.15, 0.2) is 0 Å². The van der Waals surface area contributed by atoms with Crippen LogP contribution < -0.4 is 5.73 Å². The molecule has 0 saturated carbocycles. The Morgan fingerprint density at radius 1 is 1.24 bits per heavy atom. The predicted octanol–water partition coefficient (Wildman–Crippen LogP) is 1.77. The fourth-order valence-electron chi connectivity index (χ4n) is 2.43. The number of nitrogens with two attached hydrogens (primary N) is 1. The molecule has 0 unspecified atom stereocenters. The zero-order valence-corrected chi connectivity index (χ0v) is 9.84. The van der Waals surface area contributed by atoms with Crippen molar-refractivity contribution in [3.05, 3.63) is 42.1 Å². The molecule has 3 heteroatoms. The summed E-state index contributed by atoms with van der Waals surface area (Å²) in [4.78, 5) is 7.06. The van der Waals surface area contributed by atoms with Gasteiger partial charge in [0.1, 0.15) is 0 Å². The lowest BCUT2D eigenvalue weighted by Gasteiger charge is -2.14. The molecule has 2 aromatic rings. The van der Waals surface area contributed by atoms with Gasteiger partial charge in [-0.15, -0.1) is 0 Å². The van der Waals surface area contributed by atoms with Crippen LogP contribution >= 0.6 is 0 Å². The van der Waals surface area contributed by atoms with Crippen LogP contribution in [0, 0.1) is 0 Å². The normalized spacial score (nSPS) is 21.1. The van der Waals surface area contributed by atoms with Crippen molar-refractivity contribution in [1.82, 2.24) is 9.88 Å². The van der Waals surface area contributed by atoms with Gasteiger partial charge >= 0.3 is 0 Å². The summed E-state index contributed by atoms with van der Waals surface area (Å²) >= 11 is 0. The first-order valence-corrected chi connectivity index (χ1v) is 6.14. The molecule has 1 aliphatic rings. The zero-order valence-electron chi connectivity index (χ0n) is 9.84. The van der Waals surface area contributed by atoms with Gasteiger partial charge in [-0.1, -0.05) is 24.3 Å². The summed E-state index contributed by atoms with van der Waals surface area (Å²) in [5, 5.41) is 1.20. The van der Waals surface area contributed by atoms with E-state index < -0.39 is 0 Å². The third-order valence-electron chi connectivity index (χ3n) is 3.35. The van der Waals surface area contributed by atoms with E-state index in [1.165, 1.54) is 5.39 Å². The third kappa shape index (κ3) is 2.30. The number of nitrogens with zero attached hydrogens (tertiary/aromatic N) is 2. The van der Waals surface area contributed by atoms with E-state index in [0.717, 1.165) is 37.3 Å². The van der Waals surface area contributed by atoms with E-state index in [2.05, 4.69) is 34.1 Å². The summed E-state index contributed by atoms with van der Waals surface area (Å²) in [5.74, 6) is 0. The first kappa shape index (κ1) is 10.7. The minimum Gasteiger partial charge on any atom is -0.326 e. The van der Waals surface area contributed by atoms with Gasteiger partial charge in [-0.3, -0.25) is 9.88 Å². The van der Waals surface area contributed by atoms with E-state index in [4.69, 9.17) is 5.73 Å². The average molecular weight is 227 g/mol. The number of fused-ring (bicyclic) bond motifs is 1. The second-order valence-corrected chi connectivity index (χ2v) is 4.78. The van der Waals surface area contributed by atoms with Crippen molar-refractivity contribution in [3.63, 3.8) is 0 Å². The highest BCUT2D eigenvalue weighted by molar-refractivity contribution is 5.78. The topological polar surface area (TPSA) is 42.1 Å². The van der Waals surface area contributed by atoms with Crippen molar-refractivity contribution in [2.45, 2.75) is 19.0 Å². The first-order valence-electron chi connectivity index (χ1n) is 6.14. The Kier molecular flexibility index (Phi) is 2.79. The van der Waals surface area contributed by atoms with Crippen molar-refractivity contribution in [2.75, 3.05) is 13.1 Å². The fraction of sp³-hybridized carbons (Fsp3) is 0.357. The number of benzene rings is 1. The van der Waals surface area contributed by atoms with Crippen molar-refractivity contribution < 1.29 is 0 Å². The molecule has 3 nitrogen and oxygen atoms in total. The molecule has 17 heavy (non-hydrogen) atoms. The maximum Gasteiger partial charge on any atom is 0.0705 e. The van der Waals surface area contributed by atoms with Gasteiger partial charge in [0, 0.05) is 31.1 Å². The second-order valence-electron chi connectivity index (χ2n) is 4.78. The van der Waals surface area contributed by atoms with E-state index in [9.17, 15) is 0 Å². The van der Waals surface area contributed by atoms with Gasteiger partial charge in [0.05, 0.1) is 11.2 Å². The summed E-state index contributed by atoms with van der Waals surface area (Å²) < 4.78 is 0. The summed E-state index contributed by atoms with van der Waals surface area (Å²) in [5.41, 5.74) is 8.12. The molecule has 88 valence electrons. The van der Waals surface area contributed by atoms with Crippen molar-refractivity contribution in [1.29, 1.82) is 0 Å². The van der Waals surface area contributed by atoms with E-state index in [-0.39, 0.29) is 0 Å². The molecule has 1 fully saturated rings. The Morgan fingerprint density at radius 3 is 2.94 bits per heavy atom. The highest BCUT2D eigenvalue weighted by Gasteiger charge is 2.19. The van der Waals surface area contributed by atoms with Gasteiger partial charge in [0.25, 0.3) is 0 Å². The Morgan fingerprint density at radius 2 is 2.12 bits per heavy atom. The molecule has 0 amide bonds. The number of pyridine rings is 1. The van der Waals surface area contributed by atoms with Crippen molar-refractivity contribution >= 4 is 10.9 Å². The summed E-state index contributed by atoms with van der Waals surface area (Å²) in [6, 6.07) is 12.8. The van der Waals surface area contributed by atoms with Crippen LogP contribution in [-0.2, 0) is 6.54 Å². The number of likely N-dealkylation sites (tertiary alicyclic amines) is 1. The van der Waals surface area contributed by atoms with Crippen LogP contribution in [0.1, 0.15) is 12.1 Å². The van der Waals surface area contributed by atoms with Gasteiger partial charge in [-0.05, 0) is 18.6 Å². The Balaban J connectivity index is 1.81.